The standard InChI is InChI=1S/C23H28N2O7S/c1-5-13-11-25-10-9-14-19-16(7-6-8-17(19)31-3)24-20(14)21(25)22(33(27,28)29)18(13)15(12-30-2)23(26)32-4/h6-8,12-13,18,22H,5,9-11H2,1-4H3,(H,27,28,29)/b15-12-/t13-,18+,22+/m1/s1. The van der Waals surface area contributed by atoms with Crippen LogP contribution in [0.5, 0.6) is 5.75 Å². The molecule has 0 spiro atoms. The average molecular weight is 477 g/mol. The predicted molar refractivity (Wildman–Crippen MR) is 121 cm³/mol. The van der Waals surface area contributed by atoms with Gasteiger partial charge in [-0.1, -0.05) is 13.0 Å². The molecule has 10 heteroatoms. The molecule has 0 radical (unpaired) electrons. The average Bonchev–Trinajstić information content (AvgIpc) is 3.19. The van der Waals surface area contributed by atoms with Crippen LogP contribution in [0.2, 0.25) is 0 Å². The Morgan fingerprint density at radius 3 is 2.67 bits per heavy atom. The number of rotatable bonds is 6. The minimum absolute atomic E-state index is 0.0456. The van der Waals surface area contributed by atoms with Gasteiger partial charge in [0.05, 0.1) is 38.7 Å². The number of carbonyl (C=O) groups is 1. The Morgan fingerprint density at radius 1 is 1.30 bits per heavy atom. The Hall–Kier alpha value is -2.85. The molecule has 1 aromatic heterocycles. The first kappa shape index (κ1) is 23.3. The number of hydrogen-bond donors (Lipinski definition) is 1. The van der Waals surface area contributed by atoms with E-state index in [1.165, 1.54) is 20.5 Å². The zero-order chi connectivity index (χ0) is 23.9. The van der Waals surface area contributed by atoms with E-state index < -0.39 is 27.3 Å². The van der Waals surface area contributed by atoms with Gasteiger partial charge in [-0.3, -0.25) is 0 Å². The minimum Gasteiger partial charge on any atom is -0.747 e. The fourth-order valence-electron chi connectivity index (χ4n) is 5.40. The van der Waals surface area contributed by atoms with Crippen LogP contribution in [0.3, 0.4) is 0 Å². The molecule has 0 amide bonds. The van der Waals surface area contributed by atoms with E-state index in [4.69, 9.17) is 14.2 Å². The van der Waals surface area contributed by atoms with Gasteiger partial charge in [-0.25, -0.2) is 17.8 Å². The number of nitrogens with zero attached hydrogens (tertiary/aromatic N) is 1. The number of aromatic amines is 1. The lowest BCUT2D eigenvalue weighted by atomic mass is 9.76. The molecule has 2 aliphatic heterocycles. The molecule has 0 saturated carbocycles. The molecule has 0 aliphatic carbocycles. The third-order valence-corrected chi connectivity index (χ3v) is 7.90. The molecule has 1 N–H and O–H groups in total. The Labute approximate surface area is 192 Å². The fourth-order valence-corrected chi connectivity index (χ4v) is 6.66. The van der Waals surface area contributed by atoms with Crippen molar-refractivity contribution in [3.05, 3.63) is 41.3 Å². The summed E-state index contributed by atoms with van der Waals surface area (Å²) < 4.78 is 56.0. The molecule has 0 unspecified atom stereocenters. The van der Waals surface area contributed by atoms with Gasteiger partial charge in [-0.15, -0.1) is 0 Å². The summed E-state index contributed by atoms with van der Waals surface area (Å²) >= 11 is 0. The first-order valence-electron chi connectivity index (χ1n) is 10.8. The largest absolute Gasteiger partial charge is 0.747 e. The summed E-state index contributed by atoms with van der Waals surface area (Å²) in [5.74, 6) is -1.20. The van der Waals surface area contributed by atoms with E-state index in [9.17, 15) is 17.8 Å². The van der Waals surface area contributed by atoms with Crippen LogP contribution in [-0.4, -0.2) is 73.9 Å². The van der Waals surface area contributed by atoms with Crippen molar-refractivity contribution in [3.8, 4) is 5.75 Å². The number of hydrogen-bond acceptors (Lipinski definition) is 7. The summed E-state index contributed by atoms with van der Waals surface area (Å²) in [6.45, 7) is 2.98. The van der Waals surface area contributed by atoms with E-state index in [2.05, 4.69) is 4.98 Å². The Kier molecular flexibility index (Phi) is 6.24. The van der Waals surface area contributed by atoms with Crippen molar-refractivity contribution in [1.82, 2.24) is 4.98 Å². The van der Waals surface area contributed by atoms with Gasteiger partial charge in [0.15, 0.2) is 0 Å². The van der Waals surface area contributed by atoms with Crippen LogP contribution in [-0.2, 0) is 30.8 Å². The molecule has 0 saturated heterocycles. The van der Waals surface area contributed by atoms with E-state index in [1.54, 1.807) is 7.11 Å². The van der Waals surface area contributed by atoms with Crippen LogP contribution < -0.4 is 4.74 Å². The lowest BCUT2D eigenvalue weighted by Crippen LogP contribution is -2.55. The molecular weight excluding hydrogens is 448 g/mol. The number of aromatic nitrogens is 1. The van der Waals surface area contributed by atoms with Crippen LogP contribution >= 0.6 is 0 Å². The number of carbonyl (C=O) groups excluding carboxylic acids is 1. The van der Waals surface area contributed by atoms with Crippen molar-refractivity contribution in [2.75, 3.05) is 34.4 Å². The number of nitrogens with one attached hydrogen (secondary N) is 1. The minimum atomic E-state index is -4.87. The molecular formula is C23H28N2O7S. The highest BCUT2D eigenvalue weighted by atomic mass is 32.2. The highest BCUT2D eigenvalue weighted by molar-refractivity contribution is 7.87. The maximum absolute atomic E-state index is 12.8. The Morgan fingerprint density at radius 2 is 2.06 bits per heavy atom. The second-order valence-electron chi connectivity index (χ2n) is 8.35. The normalized spacial score (nSPS) is 23.2. The molecule has 178 valence electrons. The van der Waals surface area contributed by atoms with Crippen LogP contribution in [0, 0.1) is 11.8 Å². The summed E-state index contributed by atoms with van der Waals surface area (Å²) in [5, 5.41) is -0.603. The highest BCUT2D eigenvalue weighted by Crippen LogP contribution is 2.41. The Balaban J connectivity index is 2.00. The number of benzene rings is 1. The molecule has 9 nitrogen and oxygen atoms in total. The van der Waals surface area contributed by atoms with Crippen molar-refractivity contribution in [2.45, 2.75) is 25.0 Å². The summed E-state index contributed by atoms with van der Waals surface area (Å²) in [6.07, 6.45) is 2.45. The molecule has 0 fully saturated rings. The van der Waals surface area contributed by atoms with Gasteiger partial charge in [0.25, 0.3) is 0 Å². The fraction of sp³-hybridized carbons (Fsp3) is 0.478. The van der Waals surface area contributed by atoms with Gasteiger partial charge < -0.3 is 23.7 Å². The zero-order valence-corrected chi connectivity index (χ0v) is 19.9. The van der Waals surface area contributed by atoms with Crippen LogP contribution in [0.15, 0.2) is 30.0 Å². The lowest BCUT2D eigenvalue weighted by molar-refractivity contribution is -0.542. The smallest absolute Gasteiger partial charge is 0.337 e. The van der Waals surface area contributed by atoms with Crippen molar-refractivity contribution < 1.29 is 36.6 Å². The van der Waals surface area contributed by atoms with Gasteiger partial charge in [-0.2, -0.15) is 0 Å². The van der Waals surface area contributed by atoms with Crippen LogP contribution in [0.4, 0.5) is 0 Å². The lowest BCUT2D eigenvalue weighted by Gasteiger charge is -2.39. The first-order valence-corrected chi connectivity index (χ1v) is 12.3. The third-order valence-electron chi connectivity index (χ3n) is 6.76. The summed E-state index contributed by atoms with van der Waals surface area (Å²) in [5.41, 5.74) is 2.75. The predicted octanol–water partition coefficient (Wildman–Crippen LogP) is 1.81. The van der Waals surface area contributed by atoms with Gasteiger partial charge in [0.2, 0.25) is 5.71 Å². The van der Waals surface area contributed by atoms with Gasteiger partial charge >= 0.3 is 5.97 Å². The number of fused-ring (bicyclic) bond motifs is 4. The quantitative estimate of drug-likeness (QED) is 0.222. The Bertz CT molecular complexity index is 1260. The SMILES string of the molecule is CC[C@@H]1C[N+]2=C(c3[nH]c4cccc(OC)c4c3CC2)[C@@H](S(=O)(=O)[O-])[C@@H]1/C(=C/OC)C(=O)OC. The maximum atomic E-state index is 12.8. The van der Waals surface area contributed by atoms with Gasteiger partial charge in [-0.05, 0) is 18.6 Å². The molecule has 0 bridgehead atoms. The third kappa shape index (κ3) is 3.80. The van der Waals surface area contributed by atoms with E-state index in [1.807, 2.05) is 29.7 Å². The van der Waals surface area contributed by atoms with Gasteiger partial charge in [0, 0.05) is 29.2 Å². The van der Waals surface area contributed by atoms with Crippen LogP contribution in [0.1, 0.15) is 24.6 Å². The summed E-state index contributed by atoms with van der Waals surface area (Å²) in [6, 6.07) is 5.59. The van der Waals surface area contributed by atoms with E-state index in [-0.39, 0.29) is 11.5 Å². The number of methoxy groups -OCH3 is 3. The van der Waals surface area contributed by atoms with Crippen LogP contribution in [0.25, 0.3) is 10.9 Å². The van der Waals surface area contributed by atoms with E-state index in [0.29, 0.717) is 43.1 Å². The molecule has 4 rings (SSSR count). The highest BCUT2D eigenvalue weighted by Gasteiger charge is 2.52. The van der Waals surface area contributed by atoms with Gasteiger partial charge in [0.1, 0.15) is 39.9 Å². The maximum Gasteiger partial charge on any atom is 0.337 e. The monoisotopic (exact) mass is 476 g/mol. The van der Waals surface area contributed by atoms with Crippen molar-refractivity contribution >= 4 is 32.7 Å². The van der Waals surface area contributed by atoms with Crippen molar-refractivity contribution in [3.63, 3.8) is 0 Å². The number of H-pyrrole nitrogens is 1. The first-order chi connectivity index (χ1) is 15.8. The van der Waals surface area contributed by atoms with Crippen molar-refractivity contribution in [1.29, 1.82) is 0 Å². The molecule has 2 aromatic rings. The summed E-state index contributed by atoms with van der Waals surface area (Å²) in [7, 11) is -0.697. The summed E-state index contributed by atoms with van der Waals surface area (Å²) in [4.78, 5) is 16.0. The molecule has 33 heavy (non-hydrogen) atoms. The second-order valence-corrected chi connectivity index (χ2v) is 9.84. The van der Waals surface area contributed by atoms with Crippen molar-refractivity contribution in [2.24, 2.45) is 11.8 Å². The molecule has 2 aliphatic rings. The number of ether oxygens (including phenoxy) is 3. The van der Waals surface area contributed by atoms with E-state index in [0.717, 1.165) is 16.5 Å². The molecule has 3 atom stereocenters. The molecule has 1 aromatic carbocycles. The molecule has 3 heterocycles. The second kappa shape index (κ2) is 8.83. The van der Waals surface area contributed by atoms with E-state index >= 15 is 0 Å². The topological polar surface area (TPSA) is 121 Å². The number of esters is 1. The zero-order valence-electron chi connectivity index (χ0n) is 19.1.